The number of aromatic nitrogens is 2. The van der Waals surface area contributed by atoms with E-state index in [2.05, 4.69) is 28.9 Å². The molecule has 0 amide bonds. The van der Waals surface area contributed by atoms with Crippen molar-refractivity contribution in [3.05, 3.63) is 103 Å². The molecule has 1 aromatic heterocycles. The number of hydrogen-bond acceptors (Lipinski definition) is 14. The van der Waals surface area contributed by atoms with Gasteiger partial charge in [-0.05, 0) is 60.7 Å². The fraction of sp³-hybridized carbons (Fsp3) is 0.591. The predicted octanol–water partition coefficient (Wildman–Crippen LogP) is 10.6. The minimum absolute atomic E-state index is 0.0564. The zero-order valence-electron chi connectivity index (χ0n) is 37.5. The van der Waals surface area contributed by atoms with Crippen LogP contribution < -0.4 is 20.7 Å². The molecule has 65 heavy (non-hydrogen) atoms. The molecule has 0 radical (unpaired) electrons. The monoisotopic (exact) mass is 947 g/mol. The van der Waals surface area contributed by atoms with Gasteiger partial charge < -0.3 is 19.1 Å². The van der Waals surface area contributed by atoms with Crippen molar-refractivity contribution in [3.63, 3.8) is 0 Å². The summed E-state index contributed by atoms with van der Waals surface area (Å²) < 4.78 is 66.7. The van der Waals surface area contributed by atoms with Crippen LogP contribution >= 0.6 is 15.6 Å². The van der Waals surface area contributed by atoms with Crippen molar-refractivity contribution < 1.29 is 55.7 Å². The number of ether oxygens (including phenoxy) is 3. The number of hydrogen-bond donors (Lipinski definition) is 2. The van der Waals surface area contributed by atoms with Gasteiger partial charge in [-0.3, -0.25) is 37.5 Å². The maximum atomic E-state index is 14.1. The van der Waals surface area contributed by atoms with Crippen LogP contribution in [0, 0.1) is 6.92 Å². The molecular weight excluding hydrogens is 884 g/mol. The van der Waals surface area contributed by atoms with Crippen LogP contribution in [-0.2, 0) is 54.6 Å². The summed E-state index contributed by atoms with van der Waals surface area (Å²) in [4.78, 5) is 65.0. The fourth-order valence-corrected chi connectivity index (χ4v) is 9.46. The molecule has 358 valence electrons. The van der Waals surface area contributed by atoms with Crippen LogP contribution in [-0.4, -0.2) is 45.1 Å². The summed E-state index contributed by atoms with van der Waals surface area (Å²) in [7, 11) is -10.3. The van der Waals surface area contributed by atoms with E-state index in [0.29, 0.717) is 11.1 Å². The molecule has 1 aliphatic rings. The molecule has 1 aliphatic heterocycles. The lowest BCUT2D eigenvalue weighted by molar-refractivity contribution is -0.135. The van der Waals surface area contributed by atoms with Gasteiger partial charge in [-0.1, -0.05) is 120 Å². The van der Waals surface area contributed by atoms with Gasteiger partial charge in [-0.15, -0.1) is 0 Å². The fourth-order valence-electron chi connectivity index (χ4n) is 6.86. The van der Waals surface area contributed by atoms with Gasteiger partial charge in [0.05, 0.1) is 32.0 Å². The molecule has 0 spiro atoms. The highest BCUT2D eigenvalue weighted by Gasteiger charge is 2.42. The second kappa shape index (κ2) is 27.9. The van der Waals surface area contributed by atoms with Crippen molar-refractivity contribution in [2.45, 2.75) is 162 Å². The van der Waals surface area contributed by atoms with Crippen molar-refractivity contribution in [2.24, 2.45) is 5.11 Å². The summed E-state index contributed by atoms with van der Waals surface area (Å²) in [5.41, 5.74) is 8.82. The maximum Gasteiger partial charge on any atom is 0.484 e. The highest BCUT2D eigenvalue weighted by Crippen LogP contribution is 2.64. The molecular formula is C44H63N5O14P2. The number of phosphoric ester groups is 2. The minimum atomic E-state index is -5.32. The smallest absolute Gasteiger partial charge is 0.427 e. The lowest BCUT2D eigenvalue weighted by Crippen LogP contribution is -2.33. The maximum absolute atomic E-state index is 14.1. The Hall–Kier alpha value is -4.41. The zero-order valence-corrected chi connectivity index (χ0v) is 39.3. The molecule has 3 aromatic rings. The number of benzene rings is 2. The summed E-state index contributed by atoms with van der Waals surface area (Å²) in [6, 6.07) is 11.3. The Bertz CT molecular complexity index is 2130. The number of azide groups is 1. The van der Waals surface area contributed by atoms with E-state index in [-0.39, 0.29) is 48.3 Å². The Labute approximate surface area is 379 Å². The van der Waals surface area contributed by atoms with E-state index >= 15 is 0 Å². The number of carbonyl (C=O) groups is 2. The Morgan fingerprint density at radius 2 is 1.26 bits per heavy atom. The molecule has 0 aliphatic carbocycles. The van der Waals surface area contributed by atoms with Crippen LogP contribution in [0.3, 0.4) is 0 Å². The van der Waals surface area contributed by atoms with E-state index in [1.165, 1.54) is 75.9 Å². The van der Waals surface area contributed by atoms with E-state index in [4.69, 9.17) is 37.6 Å². The van der Waals surface area contributed by atoms with E-state index in [1.54, 1.807) is 24.3 Å². The first-order chi connectivity index (χ1) is 31.2. The first-order valence-electron chi connectivity index (χ1n) is 22.4. The molecule has 1 saturated heterocycles. The summed E-state index contributed by atoms with van der Waals surface area (Å²) in [5, 5.41) is 3.67. The van der Waals surface area contributed by atoms with Crippen LogP contribution in [0.2, 0.25) is 0 Å². The average molecular weight is 948 g/mol. The molecule has 21 heteroatoms. The first-order valence-corrected chi connectivity index (χ1v) is 25.4. The summed E-state index contributed by atoms with van der Waals surface area (Å²) in [5.74, 6) is -0.166. The van der Waals surface area contributed by atoms with Crippen LogP contribution in [0.25, 0.3) is 10.4 Å². The van der Waals surface area contributed by atoms with Crippen molar-refractivity contribution in [2.75, 3.05) is 6.61 Å². The molecule has 4 rings (SSSR count). The number of rotatable bonds is 31. The molecule has 2 heterocycles. The van der Waals surface area contributed by atoms with E-state index in [9.17, 15) is 33.2 Å². The van der Waals surface area contributed by atoms with E-state index < -0.39 is 65.1 Å². The van der Waals surface area contributed by atoms with E-state index in [0.717, 1.165) is 55.9 Å². The second-order valence-corrected chi connectivity index (χ2v) is 19.2. The molecule has 2 aromatic carbocycles. The number of nitrogens with one attached hydrogen (secondary N) is 1. The number of carbonyl (C=O) groups excluding carboxylic acids is 2. The van der Waals surface area contributed by atoms with Gasteiger partial charge >= 0.3 is 33.3 Å². The second-order valence-electron chi connectivity index (χ2n) is 15.9. The number of esters is 2. The number of aromatic amines is 1. The summed E-state index contributed by atoms with van der Waals surface area (Å²) in [6.07, 6.45) is 14.4. The highest BCUT2D eigenvalue weighted by molar-refractivity contribution is 7.61. The van der Waals surface area contributed by atoms with Crippen molar-refractivity contribution in [1.29, 1.82) is 0 Å². The van der Waals surface area contributed by atoms with Crippen LogP contribution in [0.15, 0.2) is 69.4 Å². The number of unbranched alkanes of at least 4 members (excludes halogenated alkanes) is 12. The molecule has 1 unspecified atom stereocenters. The predicted molar refractivity (Wildman–Crippen MR) is 241 cm³/mol. The van der Waals surface area contributed by atoms with Gasteiger partial charge in [0.1, 0.15) is 17.7 Å². The third-order valence-corrected chi connectivity index (χ3v) is 13.5. The lowest BCUT2D eigenvalue weighted by Gasteiger charge is -2.22. The minimum Gasteiger partial charge on any atom is -0.427 e. The van der Waals surface area contributed by atoms with Gasteiger partial charge in [0, 0.05) is 35.9 Å². The standard InChI is InChI=1S/C44H63N5O14P2/c1-4-6-8-10-12-14-16-18-41(50)60-36-24-20-34(21-25-36)30-58-65(56,59-31-35-22-26-37(27-23-35)61-42(51)19-17-15-13-11-9-7-5-2)63-64(54,55)57-32-39-38(47-48-45)28-40(62-39)49-29-33(3)43(52)46-44(49)53/h20-27,29,38-40H,4-19,28,30-32H2,1-3H3,(H,54,55)(H,46,52,53)/t38-,39+,40+/m0/s1. The average Bonchev–Trinajstić information content (AvgIpc) is 3.68. The first kappa shape index (κ1) is 53.2. The SMILES string of the molecule is CCCCCCCCCC(=O)Oc1ccc(COP(=O)(OCc2ccc(OC(=O)CCCCCCCCC)cc2)OP(=O)(O)OC[C@H]2O[C@@H](n3cc(C)c(=O)[nH]c3=O)C[C@@H]2N=[N+]=[N-])cc1. The van der Waals surface area contributed by atoms with Gasteiger partial charge in [0.2, 0.25) is 0 Å². The Balaban J connectivity index is 1.38. The van der Waals surface area contributed by atoms with Crippen molar-refractivity contribution >= 4 is 27.6 Å². The van der Waals surface area contributed by atoms with Crippen molar-refractivity contribution in [3.8, 4) is 11.5 Å². The molecule has 2 N–H and O–H groups in total. The quantitative estimate of drug-likeness (QED) is 0.0116. The lowest BCUT2D eigenvalue weighted by atomic mass is 10.1. The number of H-pyrrole nitrogens is 1. The Morgan fingerprint density at radius 1 is 0.785 bits per heavy atom. The largest absolute Gasteiger partial charge is 0.484 e. The highest BCUT2D eigenvalue weighted by atomic mass is 31.3. The van der Waals surface area contributed by atoms with Crippen molar-refractivity contribution in [1.82, 2.24) is 9.55 Å². The van der Waals surface area contributed by atoms with Gasteiger partial charge in [0.25, 0.3) is 5.56 Å². The third-order valence-electron chi connectivity index (χ3n) is 10.5. The topological polar surface area (TPSA) is 257 Å². The summed E-state index contributed by atoms with van der Waals surface area (Å²) >= 11 is 0. The van der Waals surface area contributed by atoms with E-state index in [1.807, 2.05) is 0 Å². The number of phosphoric acid groups is 2. The molecule has 1 fully saturated rings. The molecule has 0 saturated carbocycles. The molecule has 4 atom stereocenters. The Kier molecular flexibility index (Phi) is 22.9. The van der Waals surface area contributed by atoms with Gasteiger partial charge in [0.15, 0.2) is 0 Å². The molecule has 19 nitrogen and oxygen atoms in total. The number of nitrogens with zero attached hydrogens (tertiary/aromatic N) is 4. The number of aryl methyl sites for hydroxylation is 1. The normalized spacial score (nSPS) is 17.0. The van der Waals surface area contributed by atoms with Crippen LogP contribution in [0.4, 0.5) is 0 Å². The third kappa shape index (κ3) is 19.5. The zero-order chi connectivity index (χ0) is 47.1. The van der Waals surface area contributed by atoms with Gasteiger partial charge in [-0.2, -0.15) is 4.31 Å². The Morgan fingerprint density at radius 3 is 1.74 bits per heavy atom. The summed E-state index contributed by atoms with van der Waals surface area (Å²) in [6.45, 7) is 4.17. The van der Waals surface area contributed by atoms with Gasteiger partial charge in [-0.25, -0.2) is 13.9 Å². The van der Waals surface area contributed by atoms with Crippen LogP contribution in [0.1, 0.15) is 146 Å². The van der Waals surface area contributed by atoms with Crippen LogP contribution in [0.5, 0.6) is 11.5 Å². The molecule has 0 bridgehead atoms.